The molecule has 0 fully saturated rings. The minimum atomic E-state index is -0.216. The Kier molecular flexibility index (Phi) is 4.46. The molecule has 19 heavy (non-hydrogen) atoms. The van der Waals surface area contributed by atoms with E-state index >= 15 is 0 Å². The van der Waals surface area contributed by atoms with E-state index in [9.17, 15) is 0 Å². The highest BCUT2D eigenvalue weighted by Crippen LogP contribution is 2.29. The Morgan fingerprint density at radius 3 is 2.26 bits per heavy atom. The molecule has 2 aromatic carbocycles. The van der Waals surface area contributed by atoms with Crippen molar-refractivity contribution in [2.24, 2.45) is 5.73 Å². The predicted molar refractivity (Wildman–Crippen MR) is 79.7 cm³/mol. The van der Waals surface area contributed by atoms with E-state index < -0.39 is 0 Å². The lowest BCUT2D eigenvalue weighted by Gasteiger charge is -2.19. The van der Waals surface area contributed by atoms with Gasteiger partial charge in [-0.15, -0.1) is 0 Å². The van der Waals surface area contributed by atoms with Crippen molar-refractivity contribution in [3.8, 4) is 5.75 Å². The zero-order chi connectivity index (χ0) is 13.8. The summed E-state index contributed by atoms with van der Waals surface area (Å²) in [6, 6.07) is 15.2. The topological polar surface area (TPSA) is 35.2 Å². The number of hydrogen-bond donors (Lipinski definition) is 1. The Bertz CT molecular complexity index is 537. The predicted octanol–water partition coefficient (Wildman–Crippen LogP) is 4.18. The van der Waals surface area contributed by atoms with Gasteiger partial charge in [-0.2, -0.15) is 0 Å². The molecule has 1 unspecified atom stereocenters. The van der Waals surface area contributed by atoms with Crippen LogP contribution in [0.4, 0.5) is 0 Å². The third kappa shape index (κ3) is 3.49. The molecule has 2 rings (SSSR count). The second-order valence-corrected chi connectivity index (χ2v) is 5.17. The number of rotatable bonds is 4. The molecule has 0 aliphatic rings. The van der Waals surface area contributed by atoms with E-state index in [0.29, 0.717) is 5.02 Å². The molecule has 0 bridgehead atoms. The third-order valence-electron chi connectivity index (χ3n) is 2.85. The second kappa shape index (κ2) is 6.09. The highest BCUT2D eigenvalue weighted by molar-refractivity contribution is 6.30. The van der Waals surface area contributed by atoms with Crippen LogP contribution in [0.1, 0.15) is 31.0 Å². The van der Waals surface area contributed by atoms with Crippen molar-refractivity contribution in [2.45, 2.75) is 26.0 Å². The van der Waals surface area contributed by atoms with Crippen LogP contribution in [0.3, 0.4) is 0 Å². The molecule has 0 saturated heterocycles. The van der Waals surface area contributed by atoms with Crippen molar-refractivity contribution in [1.82, 2.24) is 0 Å². The van der Waals surface area contributed by atoms with Crippen molar-refractivity contribution >= 4 is 11.6 Å². The number of para-hydroxylation sites is 1. The van der Waals surface area contributed by atoms with Gasteiger partial charge in [0, 0.05) is 10.6 Å². The van der Waals surface area contributed by atoms with Crippen molar-refractivity contribution in [2.75, 3.05) is 0 Å². The molecule has 2 nitrogen and oxygen atoms in total. The Hall–Kier alpha value is -1.51. The van der Waals surface area contributed by atoms with Gasteiger partial charge in [0.05, 0.1) is 12.1 Å². The van der Waals surface area contributed by atoms with Gasteiger partial charge in [-0.25, -0.2) is 0 Å². The summed E-state index contributed by atoms with van der Waals surface area (Å²) in [7, 11) is 0. The maximum atomic E-state index is 6.32. The second-order valence-electron chi connectivity index (χ2n) is 4.73. The van der Waals surface area contributed by atoms with Gasteiger partial charge in [0.15, 0.2) is 0 Å². The quantitative estimate of drug-likeness (QED) is 0.909. The Balaban J connectivity index is 2.32. The SMILES string of the molecule is CC(C)Oc1ccccc1C(N)c1ccc(Cl)cc1. The van der Waals surface area contributed by atoms with Crippen LogP contribution < -0.4 is 10.5 Å². The molecular formula is C16H18ClNO. The molecule has 0 aromatic heterocycles. The van der Waals surface area contributed by atoms with Gasteiger partial charge in [0.2, 0.25) is 0 Å². The van der Waals surface area contributed by atoms with Gasteiger partial charge in [-0.3, -0.25) is 0 Å². The lowest BCUT2D eigenvalue weighted by Crippen LogP contribution is -2.15. The summed E-state index contributed by atoms with van der Waals surface area (Å²) in [6.45, 7) is 4.01. The molecule has 0 radical (unpaired) electrons. The summed E-state index contributed by atoms with van der Waals surface area (Å²) >= 11 is 5.90. The summed E-state index contributed by atoms with van der Waals surface area (Å²) in [5, 5.41) is 0.711. The fraction of sp³-hybridized carbons (Fsp3) is 0.250. The van der Waals surface area contributed by atoms with E-state index in [1.807, 2.05) is 62.4 Å². The van der Waals surface area contributed by atoms with Gasteiger partial charge >= 0.3 is 0 Å². The molecule has 3 heteroatoms. The maximum Gasteiger partial charge on any atom is 0.124 e. The van der Waals surface area contributed by atoms with Crippen LogP contribution in [0.2, 0.25) is 5.02 Å². The fourth-order valence-electron chi connectivity index (χ4n) is 1.95. The van der Waals surface area contributed by atoms with Gasteiger partial charge in [-0.05, 0) is 37.6 Å². The van der Waals surface area contributed by atoms with Gasteiger partial charge in [-0.1, -0.05) is 41.9 Å². The molecule has 2 N–H and O–H groups in total. The highest BCUT2D eigenvalue weighted by Gasteiger charge is 2.14. The van der Waals surface area contributed by atoms with Crippen LogP contribution in [0.25, 0.3) is 0 Å². The molecular weight excluding hydrogens is 258 g/mol. The zero-order valence-electron chi connectivity index (χ0n) is 11.1. The van der Waals surface area contributed by atoms with Crippen LogP contribution in [0.5, 0.6) is 5.75 Å². The number of benzene rings is 2. The Labute approximate surface area is 119 Å². The molecule has 1 atom stereocenters. The van der Waals surface area contributed by atoms with Crippen molar-refractivity contribution < 1.29 is 4.74 Å². The smallest absolute Gasteiger partial charge is 0.124 e. The summed E-state index contributed by atoms with van der Waals surface area (Å²) in [5.74, 6) is 0.833. The third-order valence-corrected chi connectivity index (χ3v) is 3.10. The lowest BCUT2D eigenvalue weighted by molar-refractivity contribution is 0.239. The molecule has 0 aliphatic carbocycles. The summed E-state index contributed by atoms with van der Waals surface area (Å²) < 4.78 is 5.81. The zero-order valence-corrected chi connectivity index (χ0v) is 11.9. The van der Waals surface area contributed by atoms with Crippen LogP contribution in [0.15, 0.2) is 48.5 Å². The van der Waals surface area contributed by atoms with Gasteiger partial charge in [0.25, 0.3) is 0 Å². The van der Waals surface area contributed by atoms with E-state index in [0.717, 1.165) is 16.9 Å². The largest absolute Gasteiger partial charge is 0.491 e. The number of halogens is 1. The molecule has 0 spiro atoms. The standard InChI is InChI=1S/C16H18ClNO/c1-11(2)19-15-6-4-3-5-14(15)16(18)12-7-9-13(17)10-8-12/h3-11,16H,18H2,1-2H3. The van der Waals surface area contributed by atoms with Crippen LogP contribution >= 0.6 is 11.6 Å². The molecule has 0 amide bonds. The average molecular weight is 276 g/mol. The first kappa shape index (κ1) is 13.9. The Morgan fingerprint density at radius 2 is 1.63 bits per heavy atom. The first-order valence-corrected chi connectivity index (χ1v) is 6.72. The van der Waals surface area contributed by atoms with E-state index in [2.05, 4.69) is 0 Å². The van der Waals surface area contributed by atoms with Crippen molar-refractivity contribution in [1.29, 1.82) is 0 Å². The monoisotopic (exact) mass is 275 g/mol. The first-order valence-electron chi connectivity index (χ1n) is 6.34. The molecule has 0 aliphatic heterocycles. The lowest BCUT2D eigenvalue weighted by atomic mass is 9.99. The van der Waals surface area contributed by atoms with E-state index in [-0.39, 0.29) is 12.1 Å². The molecule has 100 valence electrons. The van der Waals surface area contributed by atoms with Crippen molar-refractivity contribution in [3.63, 3.8) is 0 Å². The summed E-state index contributed by atoms with van der Waals surface area (Å²) in [6.07, 6.45) is 0.124. The highest BCUT2D eigenvalue weighted by atomic mass is 35.5. The molecule has 0 heterocycles. The average Bonchev–Trinajstić information content (AvgIpc) is 2.39. The van der Waals surface area contributed by atoms with Crippen LogP contribution in [0, 0.1) is 0 Å². The number of hydrogen-bond acceptors (Lipinski definition) is 2. The Morgan fingerprint density at radius 1 is 1.00 bits per heavy atom. The van der Waals surface area contributed by atoms with E-state index in [1.54, 1.807) is 0 Å². The van der Waals surface area contributed by atoms with Crippen molar-refractivity contribution in [3.05, 3.63) is 64.7 Å². The van der Waals surface area contributed by atoms with Gasteiger partial charge in [0.1, 0.15) is 5.75 Å². The maximum absolute atomic E-state index is 6.32. The normalized spacial score (nSPS) is 12.5. The minimum absolute atomic E-state index is 0.124. The molecule has 0 saturated carbocycles. The minimum Gasteiger partial charge on any atom is -0.491 e. The van der Waals surface area contributed by atoms with E-state index in [1.165, 1.54) is 0 Å². The van der Waals surface area contributed by atoms with Crippen LogP contribution in [-0.2, 0) is 0 Å². The number of ether oxygens (including phenoxy) is 1. The van der Waals surface area contributed by atoms with Gasteiger partial charge < -0.3 is 10.5 Å². The number of nitrogens with two attached hydrogens (primary N) is 1. The van der Waals surface area contributed by atoms with E-state index in [4.69, 9.17) is 22.1 Å². The summed E-state index contributed by atoms with van der Waals surface area (Å²) in [4.78, 5) is 0. The molecule has 2 aromatic rings. The van der Waals surface area contributed by atoms with Crippen LogP contribution in [-0.4, -0.2) is 6.10 Å². The summed E-state index contributed by atoms with van der Waals surface area (Å²) in [5.41, 5.74) is 8.32. The first-order chi connectivity index (χ1) is 9.08. The fourth-order valence-corrected chi connectivity index (χ4v) is 2.07.